The number of allylic oxidation sites excluding steroid dienone is 4. The number of unbranched alkanes of at least 4 members (excludes halogenated alkanes) is 28. The van der Waals surface area contributed by atoms with Crippen LogP contribution in [0, 0.1) is 0 Å². The Labute approximate surface area is 349 Å². The molecule has 0 aromatic heterocycles. The van der Waals surface area contributed by atoms with Gasteiger partial charge < -0.3 is 4.74 Å². The minimum Gasteiger partial charge on any atom is -0.381 e. The molecule has 0 aliphatic rings. The summed E-state index contributed by atoms with van der Waals surface area (Å²) >= 11 is 0. The molecule has 0 amide bonds. The quantitative estimate of drug-likeness (QED) is 0.0453. The molecule has 0 aromatic carbocycles. The van der Waals surface area contributed by atoms with E-state index in [-0.39, 0.29) is 0 Å². The molecule has 0 fully saturated rings. The molecule has 0 heterocycles. The van der Waals surface area contributed by atoms with Gasteiger partial charge in [-0.3, -0.25) is 9.80 Å². The van der Waals surface area contributed by atoms with E-state index in [0.717, 1.165) is 13.2 Å². The van der Waals surface area contributed by atoms with E-state index in [4.69, 9.17) is 4.74 Å². The maximum atomic E-state index is 5.92. The Balaban J connectivity index is 3.24. The highest BCUT2D eigenvalue weighted by Gasteiger charge is 2.13. The molecule has 0 bridgehead atoms. The van der Waals surface area contributed by atoms with Crippen LogP contribution in [0.15, 0.2) is 24.3 Å². The third-order valence-electron chi connectivity index (χ3n) is 11.9. The lowest BCUT2D eigenvalue weighted by Gasteiger charge is -2.30. The summed E-state index contributed by atoms with van der Waals surface area (Å²) in [6.07, 6.45) is 53.8. The van der Waals surface area contributed by atoms with Crippen LogP contribution in [0.2, 0.25) is 0 Å². The molecule has 0 atom stereocenters. The fraction of sp³-hybridized carbons (Fsp3) is 0.923. The largest absolute Gasteiger partial charge is 0.381 e. The van der Waals surface area contributed by atoms with Crippen LogP contribution in [-0.4, -0.2) is 60.3 Å². The van der Waals surface area contributed by atoms with Crippen molar-refractivity contribution in [1.29, 1.82) is 0 Å². The molecule has 328 valence electrons. The van der Waals surface area contributed by atoms with Crippen LogP contribution in [0.4, 0.5) is 0 Å². The van der Waals surface area contributed by atoms with Gasteiger partial charge in [-0.15, -0.1) is 0 Å². The molecule has 0 radical (unpaired) electrons. The van der Waals surface area contributed by atoms with E-state index in [9.17, 15) is 0 Å². The molecule has 0 aliphatic carbocycles. The van der Waals surface area contributed by atoms with E-state index in [1.54, 1.807) is 0 Å². The molecule has 0 aromatic rings. The molecule has 0 aliphatic heterocycles. The molecule has 0 N–H and O–H groups in total. The van der Waals surface area contributed by atoms with Gasteiger partial charge >= 0.3 is 0 Å². The van der Waals surface area contributed by atoms with E-state index < -0.39 is 0 Å². The first-order valence-corrected chi connectivity index (χ1v) is 25.2. The minimum absolute atomic E-state index is 0.676. The summed E-state index contributed by atoms with van der Waals surface area (Å²) in [5, 5.41) is 0. The third-order valence-corrected chi connectivity index (χ3v) is 11.9. The lowest BCUT2D eigenvalue weighted by molar-refractivity contribution is 0.125. The van der Waals surface area contributed by atoms with Gasteiger partial charge in [-0.2, -0.15) is 0 Å². The Kier molecular flexibility index (Phi) is 42.5. The minimum atomic E-state index is 0.676. The van der Waals surface area contributed by atoms with Gasteiger partial charge in [-0.1, -0.05) is 153 Å². The molecule has 0 saturated heterocycles. The van der Waals surface area contributed by atoms with E-state index in [1.165, 1.54) is 219 Å². The van der Waals surface area contributed by atoms with Crippen molar-refractivity contribution in [3.63, 3.8) is 0 Å². The highest BCUT2D eigenvalue weighted by molar-refractivity contribution is 4.82. The molecule has 55 heavy (non-hydrogen) atoms. The summed E-state index contributed by atoms with van der Waals surface area (Å²) in [7, 11) is 0. The Morgan fingerprint density at radius 1 is 0.273 bits per heavy atom. The van der Waals surface area contributed by atoms with Gasteiger partial charge in [-0.05, 0) is 146 Å². The molecule has 0 spiro atoms. The highest BCUT2D eigenvalue weighted by atomic mass is 16.5. The summed E-state index contributed by atoms with van der Waals surface area (Å²) in [6, 6.07) is 2.70. The highest BCUT2D eigenvalue weighted by Crippen LogP contribution is 2.15. The SMILES string of the molecule is CC(C)N(CCCCCCCCCC/C=C\CCCCCCCCOCCCCCCCC/C=C\CCCCCCCCCCN(C(C)C)C(C)C)C(C)C. The molecule has 0 rings (SSSR count). The van der Waals surface area contributed by atoms with E-state index in [2.05, 4.69) is 89.5 Å². The average Bonchev–Trinajstić information content (AvgIpc) is 3.14. The van der Waals surface area contributed by atoms with Crippen molar-refractivity contribution < 1.29 is 4.74 Å². The first kappa shape index (κ1) is 54.4. The van der Waals surface area contributed by atoms with Crippen molar-refractivity contribution in [3.8, 4) is 0 Å². The number of hydrogen-bond acceptors (Lipinski definition) is 3. The Hall–Kier alpha value is -0.640. The zero-order valence-corrected chi connectivity index (χ0v) is 39.4. The Morgan fingerprint density at radius 2 is 0.473 bits per heavy atom. The summed E-state index contributed by atoms with van der Waals surface area (Å²) in [5.41, 5.74) is 0. The van der Waals surface area contributed by atoms with Crippen LogP contribution in [0.3, 0.4) is 0 Å². The first-order valence-electron chi connectivity index (χ1n) is 25.2. The molecule has 3 nitrogen and oxygen atoms in total. The van der Waals surface area contributed by atoms with Crippen molar-refractivity contribution in [2.45, 2.75) is 285 Å². The second-order valence-electron chi connectivity index (χ2n) is 18.5. The standard InChI is InChI=1S/C52H104N2O/c1-49(2)53(50(3)4)45-41-37-33-29-25-21-17-13-9-11-15-19-23-27-31-35-39-43-47-55-48-44-40-36-32-28-24-20-16-12-10-14-18-22-26-30-34-38-42-46-54(51(5)6)52(7)8/h11-12,15-16,49-52H,9-10,13-14,17-48H2,1-8H3/b15-11-,16-12-. The maximum Gasteiger partial charge on any atom is 0.0466 e. The monoisotopic (exact) mass is 773 g/mol. The van der Waals surface area contributed by atoms with Crippen LogP contribution in [-0.2, 0) is 4.74 Å². The lowest BCUT2D eigenvalue weighted by Crippen LogP contribution is -2.37. The van der Waals surface area contributed by atoms with Crippen molar-refractivity contribution in [1.82, 2.24) is 9.80 Å². The smallest absolute Gasteiger partial charge is 0.0466 e. The molecule has 0 unspecified atom stereocenters. The zero-order chi connectivity index (χ0) is 40.5. The van der Waals surface area contributed by atoms with Crippen LogP contribution in [0.1, 0.15) is 261 Å². The number of rotatable bonds is 44. The van der Waals surface area contributed by atoms with Gasteiger partial charge in [-0.25, -0.2) is 0 Å². The molecule has 3 heteroatoms. The summed E-state index contributed by atoms with van der Waals surface area (Å²) < 4.78 is 5.92. The fourth-order valence-corrected chi connectivity index (χ4v) is 8.38. The van der Waals surface area contributed by atoms with Crippen molar-refractivity contribution in [3.05, 3.63) is 24.3 Å². The van der Waals surface area contributed by atoms with Gasteiger partial charge in [0.2, 0.25) is 0 Å². The topological polar surface area (TPSA) is 15.7 Å². The lowest BCUT2D eigenvalue weighted by atomic mass is 10.1. The first-order chi connectivity index (χ1) is 26.8. The van der Waals surface area contributed by atoms with Crippen LogP contribution in [0.25, 0.3) is 0 Å². The number of nitrogens with zero attached hydrogens (tertiary/aromatic N) is 2. The normalized spacial score (nSPS) is 12.6. The number of hydrogen-bond donors (Lipinski definition) is 0. The van der Waals surface area contributed by atoms with Crippen LogP contribution < -0.4 is 0 Å². The second-order valence-corrected chi connectivity index (χ2v) is 18.5. The van der Waals surface area contributed by atoms with E-state index in [0.29, 0.717) is 24.2 Å². The summed E-state index contributed by atoms with van der Waals surface area (Å²) in [5.74, 6) is 0. The predicted octanol–water partition coefficient (Wildman–Crippen LogP) is 16.8. The molecule has 0 saturated carbocycles. The Bertz CT molecular complexity index is 706. The van der Waals surface area contributed by atoms with E-state index >= 15 is 0 Å². The number of ether oxygens (including phenoxy) is 1. The van der Waals surface area contributed by atoms with Crippen molar-refractivity contribution in [2.24, 2.45) is 0 Å². The predicted molar refractivity (Wildman–Crippen MR) is 251 cm³/mol. The average molecular weight is 773 g/mol. The third kappa shape index (κ3) is 39.9. The van der Waals surface area contributed by atoms with E-state index in [1.807, 2.05) is 0 Å². The van der Waals surface area contributed by atoms with Crippen LogP contribution >= 0.6 is 0 Å². The maximum absolute atomic E-state index is 5.92. The van der Waals surface area contributed by atoms with Gasteiger partial charge in [0.15, 0.2) is 0 Å². The van der Waals surface area contributed by atoms with Gasteiger partial charge in [0.25, 0.3) is 0 Å². The van der Waals surface area contributed by atoms with Crippen molar-refractivity contribution in [2.75, 3.05) is 26.3 Å². The summed E-state index contributed by atoms with van der Waals surface area (Å²) in [6.45, 7) is 23.1. The molecular weight excluding hydrogens is 669 g/mol. The van der Waals surface area contributed by atoms with Crippen LogP contribution in [0.5, 0.6) is 0 Å². The Morgan fingerprint density at radius 3 is 0.709 bits per heavy atom. The van der Waals surface area contributed by atoms with Crippen molar-refractivity contribution >= 4 is 0 Å². The summed E-state index contributed by atoms with van der Waals surface area (Å²) in [4.78, 5) is 5.27. The fourth-order valence-electron chi connectivity index (χ4n) is 8.38. The zero-order valence-electron chi connectivity index (χ0n) is 39.4. The van der Waals surface area contributed by atoms with Gasteiger partial charge in [0, 0.05) is 37.4 Å². The van der Waals surface area contributed by atoms with Gasteiger partial charge in [0.1, 0.15) is 0 Å². The second kappa shape index (κ2) is 43.0. The molecular formula is C52H104N2O. The van der Waals surface area contributed by atoms with Gasteiger partial charge in [0.05, 0.1) is 0 Å².